The molecule has 0 unspecified atom stereocenters. The number of rotatable bonds is 2. The quantitative estimate of drug-likeness (QED) is 0.850. The van der Waals surface area contributed by atoms with Gasteiger partial charge in [0.2, 0.25) is 0 Å². The predicted molar refractivity (Wildman–Crippen MR) is 97.2 cm³/mol. The maximum absolute atomic E-state index is 12.7. The van der Waals surface area contributed by atoms with Crippen LogP contribution in [-0.2, 0) is 27.8 Å². The van der Waals surface area contributed by atoms with Crippen LogP contribution in [0, 0.1) is 0 Å². The minimum atomic E-state index is -0.975. The van der Waals surface area contributed by atoms with E-state index in [2.05, 4.69) is 10.4 Å². The van der Waals surface area contributed by atoms with E-state index in [9.17, 15) is 9.00 Å². The van der Waals surface area contributed by atoms with Crippen LogP contribution < -0.4 is 5.32 Å². The Bertz CT molecular complexity index is 856. The molecular weight excluding hydrogens is 369 g/mol. The van der Waals surface area contributed by atoms with Gasteiger partial charge in [-0.2, -0.15) is 5.10 Å². The van der Waals surface area contributed by atoms with E-state index in [1.54, 1.807) is 16.8 Å². The highest BCUT2D eigenvalue weighted by atomic mass is 35.5. The van der Waals surface area contributed by atoms with Crippen LogP contribution in [0.4, 0.5) is 5.82 Å². The summed E-state index contributed by atoms with van der Waals surface area (Å²) < 4.78 is 13.6. The number of carbonyl (C=O) groups is 1. The second kappa shape index (κ2) is 6.17. The molecule has 1 aromatic carbocycles. The average Bonchev–Trinajstić information content (AvgIpc) is 2.98. The molecule has 1 aliphatic heterocycles. The third-order valence-electron chi connectivity index (χ3n) is 3.71. The summed E-state index contributed by atoms with van der Waals surface area (Å²) in [6.07, 6.45) is 0. The number of nitrogens with zero attached hydrogens (tertiary/aromatic N) is 2. The van der Waals surface area contributed by atoms with E-state index in [1.807, 2.05) is 20.8 Å². The molecule has 3 rings (SSSR count). The van der Waals surface area contributed by atoms with Crippen LogP contribution in [0.1, 0.15) is 42.4 Å². The Kier molecular flexibility index (Phi) is 4.49. The smallest absolute Gasteiger partial charge is 0.258 e. The number of nitrogens with one attached hydrogen (secondary N) is 1. The Balaban J connectivity index is 2.02. The van der Waals surface area contributed by atoms with Crippen LogP contribution in [0.5, 0.6) is 0 Å². The second-order valence-corrected chi connectivity index (χ2v) is 8.96. The second-order valence-electron chi connectivity index (χ2n) is 6.66. The molecule has 0 saturated carbocycles. The van der Waals surface area contributed by atoms with E-state index < -0.39 is 10.8 Å². The topological polar surface area (TPSA) is 64.0 Å². The van der Waals surface area contributed by atoms with Crippen LogP contribution >= 0.6 is 23.2 Å². The van der Waals surface area contributed by atoms with E-state index >= 15 is 0 Å². The first-order valence-electron chi connectivity index (χ1n) is 7.39. The lowest BCUT2D eigenvalue weighted by atomic mass is 10.1. The van der Waals surface area contributed by atoms with Gasteiger partial charge in [0.1, 0.15) is 5.82 Å². The van der Waals surface area contributed by atoms with Crippen LogP contribution in [0.25, 0.3) is 0 Å². The molecule has 0 fully saturated rings. The predicted octanol–water partition coefficient (Wildman–Crippen LogP) is 3.96. The highest BCUT2D eigenvalue weighted by Crippen LogP contribution is 2.33. The number of aromatic nitrogens is 2. The molecule has 128 valence electrons. The average molecular weight is 386 g/mol. The Morgan fingerprint density at radius 2 is 2.00 bits per heavy atom. The van der Waals surface area contributed by atoms with Crippen LogP contribution in [-0.4, -0.2) is 19.9 Å². The van der Waals surface area contributed by atoms with Gasteiger partial charge in [-0.15, -0.1) is 0 Å². The number of anilines is 1. The number of hydrogen-bond acceptors (Lipinski definition) is 3. The number of benzene rings is 1. The highest BCUT2D eigenvalue weighted by Gasteiger charge is 2.31. The first-order chi connectivity index (χ1) is 11.2. The minimum absolute atomic E-state index is 0.290. The molecule has 1 amide bonds. The first kappa shape index (κ1) is 17.5. The summed E-state index contributed by atoms with van der Waals surface area (Å²) in [5.41, 5.74) is 1.57. The van der Waals surface area contributed by atoms with Crippen molar-refractivity contribution in [1.29, 1.82) is 0 Å². The summed E-state index contributed by atoms with van der Waals surface area (Å²) in [7, 11) is -0.975. The fourth-order valence-corrected chi connectivity index (χ4v) is 4.23. The van der Waals surface area contributed by atoms with Crippen molar-refractivity contribution in [3.05, 3.63) is 45.1 Å². The van der Waals surface area contributed by atoms with Gasteiger partial charge in [0.15, 0.2) is 0 Å². The molecule has 8 heteroatoms. The van der Waals surface area contributed by atoms with Gasteiger partial charge in [0.05, 0.1) is 33.3 Å². The summed E-state index contributed by atoms with van der Waals surface area (Å²) >= 11 is 12.1. The molecule has 0 bridgehead atoms. The summed E-state index contributed by atoms with van der Waals surface area (Å²) in [6, 6.07) is 4.73. The molecule has 0 saturated heterocycles. The maximum atomic E-state index is 12.7. The summed E-state index contributed by atoms with van der Waals surface area (Å²) in [4.78, 5) is 12.7. The van der Waals surface area contributed by atoms with Gasteiger partial charge >= 0.3 is 0 Å². The van der Waals surface area contributed by atoms with Gasteiger partial charge in [-0.1, -0.05) is 23.2 Å². The van der Waals surface area contributed by atoms with Crippen molar-refractivity contribution >= 4 is 45.7 Å². The molecule has 1 aromatic heterocycles. The fraction of sp³-hybridized carbons (Fsp3) is 0.375. The molecule has 1 N–H and O–H groups in total. The third-order valence-corrected chi connectivity index (χ3v) is 5.48. The molecule has 5 nitrogen and oxygen atoms in total. The minimum Gasteiger partial charge on any atom is -0.306 e. The molecule has 1 aliphatic rings. The zero-order valence-corrected chi connectivity index (χ0v) is 15.8. The fourth-order valence-electron chi connectivity index (χ4n) is 2.59. The Morgan fingerprint density at radius 3 is 2.67 bits per heavy atom. The van der Waals surface area contributed by atoms with E-state index in [0.717, 1.165) is 11.3 Å². The summed E-state index contributed by atoms with van der Waals surface area (Å²) in [5.74, 6) is 1.02. The zero-order valence-electron chi connectivity index (χ0n) is 13.5. The lowest BCUT2D eigenvalue weighted by molar-refractivity contribution is 0.102. The Labute approximate surface area is 152 Å². The van der Waals surface area contributed by atoms with E-state index in [1.165, 1.54) is 6.07 Å². The van der Waals surface area contributed by atoms with Crippen molar-refractivity contribution in [3.63, 3.8) is 0 Å². The standard InChI is InChI=1S/C16H17Cl2N3O2S/c1-16(2,3)21-14(11-7-24(23)8-13(11)20-21)19-15(22)10-6-9(17)4-5-12(10)18/h4-6H,7-8H2,1-3H3,(H,19,22)/t24-/m0/s1. The Morgan fingerprint density at radius 1 is 1.29 bits per heavy atom. The SMILES string of the molecule is CC(C)(C)n1nc2c(c1NC(=O)c1cc(Cl)ccc1Cl)C[S@](=O)C2. The van der Waals surface area contributed by atoms with E-state index in [-0.39, 0.29) is 11.4 Å². The van der Waals surface area contributed by atoms with Gasteiger partial charge in [-0.3, -0.25) is 9.00 Å². The van der Waals surface area contributed by atoms with E-state index in [4.69, 9.17) is 23.2 Å². The normalized spacial score (nSPS) is 17.0. The monoisotopic (exact) mass is 385 g/mol. The van der Waals surface area contributed by atoms with Gasteiger partial charge < -0.3 is 5.32 Å². The van der Waals surface area contributed by atoms with Gasteiger partial charge in [-0.25, -0.2) is 4.68 Å². The lowest BCUT2D eigenvalue weighted by Gasteiger charge is -2.23. The van der Waals surface area contributed by atoms with Gasteiger partial charge in [0.25, 0.3) is 5.91 Å². The van der Waals surface area contributed by atoms with Crippen molar-refractivity contribution in [2.24, 2.45) is 0 Å². The van der Waals surface area contributed by atoms with Crippen LogP contribution in [0.3, 0.4) is 0 Å². The summed E-state index contributed by atoms with van der Waals surface area (Å²) in [5, 5.41) is 8.18. The Hall–Kier alpha value is -1.37. The molecule has 24 heavy (non-hydrogen) atoms. The molecule has 0 spiro atoms. The van der Waals surface area contributed by atoms with Crippen molar-refractivity contribution in [2.45, 2.75) is 37.8 Å². The molecular formula is C16H17Cl2N3O2S. The van der Waals surface area contributed by atoms with Gasteiger partial charge in [0, 0.05) is 21.4 Å². The van der Waals surface area contributed by atoms with Crippen molar-refractivity contribution < 1.29 is 9.00 Å². The van der Waals surface area contributed by atoms with Crippen molar-refractivity contribution in [2.75, 3.05) is 5.32 Å². The van der Waals surface area contributed by atoms with E-state index in [0.29, 0.717) is 32.9 Å². The molecule has 1 atom stereocenters. The molecule has 2 heterocycles. The number of hydrogen-bond donors (Lipinski definition) is 1. The highest BCUT2D eigenvalue weighted by molar-refractivity contribution is 7.83. The maximum Gasteiger partial charge on any atom is 0.258 e. The number of amides is 1. The van der Waals surface area contributed by atoms with Crippen molar-refractivity contribution in [3.8, 4) is 0 Å². The lowest BCUT2D eigenvalue weighted by Crippen LogP contribution is -2.27. The molecule has 0 radical (unpaired) electrons. The zero-order chi connectivity index (χ0) is 17.6. The first-order valence-corrected chi connectivity index (χ1v) is 9.64. The number of fused-ring (bicyclic) bond motifs is 1. The number of carbonyl (C=O) groups excluding carboxylic acids is 1. The van der Waals surface area contributed by atoms with Crippen molar-refractivity contribution in [1.82, 2.24) is 9.78 Å². The summed E-state index contributed by atoms with van der Waals surface area (Å²) in [6.45, 7) is 5.98. The number of halogens is 2. The molecule has 2 aromatic rings. The largest absolute Gasteiger partial charge is 0.306 e. The van der Waals surface area contributed by atoms with Crippen LogP contribution in [0.15, 0.2) is 18.2 Å². The molecule has 0 aliphatic carbocycles. The van der Waals surface area contributed by atoms with Gasteiger partial charge in [-0.05, 0) is 39.0 Å². The third kappa shape index (κ3) is 3.23. The van der Waals surface area contributed by atoms with Crippen LogP contribution in [0.2, 0.25) is 10.0 Å².